The monoisotopic (exact) mass is 395 g/mol. The third-order valence-corrected chi connectivity index (χ3v) is 5.64. The summed E-state index contributed by atoms with van der Waals surface area (Å²) in [6.45, 7) is 4.23. The molecule has 21 heavy (non-hydrogen) atoms. The van der Waals surface area contributed by atoms with Crippen LogP contribution < -0.4 is 0 Å². The highest BCUT2D eigenvalue weighted by molar-refractivity contribution is 9.10. The number of carboxylic acid groups (broad SMARTS) is 1. The molecule has 1 fully saturated rings. The molecule has 2 heterocycles. The smallest absolute Gasteiger partial charge is 0.335 e. The number of hydrogen-bond acceptors (Lipinski definition) is 4. The Morgan fingerprint density at radius 1 is 1.67 bits per heavy atom. The van der Waals surface area contributed by atoms with Gasteiger partial charge in [0.15, 0.2) is 6.10 Å². The number of halogens is 2. The van der Waals surface area contributed by atoms with Crippen LogP contribution in [0, 0.1) is 5.92 Å². The number of carbonyl (C=O) groups excluding carboxylic acids is 1. The Bertz CT molecular complexity index is 543. The number of carbonyl (C=O) groups is 2. The largest absolute Gasteiger partial charge is 0.479 e. The molecule has 8 heteroatoms. The van der Waals surface area contributed by atoms with Gasteiger partial charge in [0.2, 0.25) is 5.91 Å². The number of carboxylic acids is 1. The minimum Gasteiger partial charge on any atom is -0.479 e. The molecular weight excluding hydrogens is 382 g/mol. The highest BCUT2D eigenvalue weighted by atomic mass is 79.9. The molecule has 2 unspecified atom stereocenters. The van der Waals surface area contributed by atoms with Crippen molar-refractivity contribution in [2.24, 2.45) is 5.92 Å². The number of rotatable bonds is 4. The number of hydrogen-bond donors (Lipinski definition) is 1. The van der Waals surface area contributed by atoms with Crippen LogP contribution in [0.15, 0.2) is 10.5 Å². The number of morpholine rings is 1. The van der Waals surface area contributed by atoms with E-state index >= 15 is 0 Å². The van der Waals surface area contributed by atoms with Crippen LogP contribution in [0.2, 0.25) is 4.34 Å². The minimum atomic E-state index is -1.08. The second-order valence-corrected chi connectivity index (χ2v) is 7.77. The summed E-state index contributed by atoms with van der Waals surface area (Å²) in [5, 5.41) is 9.38. The molecule has 1 saturated heterocycles. The summed E-state index contributed by atoms with van der Waals surface area (Å²) >= 11 is 10.6. The molecule has 2 rings (SSSR count). The Balaban J connectivity index is 2.43. The van der Waals surface area contributed by atoms with Crippen LogP contribution >= 0.6 is 38.9 Å². The molecule has 0 aliphatic carbocycles. The van der Waals surface area contributed by atoms with Gasteiger partial charge in [-0.1, -0.05) is 25.4 Å². The zero-order valence-corrected chi connectivity index (χ0v) is 14.7. The number of amides is 1. The van der Waals surface area contributed by atoms with E-state index in [0.29, 0.717) is 20.2 Å². The predicted octanol–water partition coefficient (Wildman–Crippen LogP) is 3.17. The van der Waals surface area contributed by atoms with E-state index in [1.54, 1.807) is 11.0 Å². The standard InChI is InChI=1S/C13H15BrClNO4S/c1-6(2)4-16-9(17)5-20-11(13(18)19)10(16)8-3-7(14)12(15)21-8/h3,6,10-11H,4-5H2,1-2H3,(H,18,19). The molecule has 1 amide bonds. The molecule has 1 aliphatic heterocycles. The van der Waals surface area contributed by atoms with Crippen molar-refractivity contribution in [1.29, 1.82) is 0 Å². The van der Waals surface area contributed by atoms with Gasteiger partial charge in [-0.25, -0.2) is 4.79 Å². The first kappa shape index (κ1) is 16.7. The Hall–Kier alpha value is -0.630. The molecule has 0 bridgehead atoms. The van der Waals surface area contributed by atoms with Gasteiger partial charge < -0.3 is 14.7 Å². The second kappa shape index (κ2) is 6.64. The fraction of sp³-hybridized carbons (Fsp3) is 0.538. The number of nitrogens with zero attached hydrogens (tertiary/aromatic N) is 1. The molecule has 5 nitrogen and oxygen atoms in total. The average molecular weight is 397 g/mol. The lowest BCUT2D eigenvalue weighted by Gasteiger charge is -2.39. The average Bonchev–Trinajstić information content (AvgIpc) is 2.70. The molecule has 116 valence electrons. The molecule has 2 atom stereocenters. The summed E-state index contributed by atoms with van der Waals surface area (Å²) in [5.41, 5.74) is 0. The zero-order valence-electron chi connectivity index (χ0n) is 11.5. The van der Waals surface area contributed by atoms with Crippen molar-refractivity contribution in [1.82, 2.24) is 4.90 Å². The van der Waals surface area contributed by atoms with Crippen molar-refractivity contribution in [3.63, 3.8) is 0 Å². The van der Waals surface area contributed by atoms with Crippen molar-refractivity contribution < 1.29 is 19.4 Å². The molecule has 1 aromatic rings. The highest BCUT2D eigenvalue weighted by Gasteiger charge is 2.43. The Morgan fingerprint density at radius 2 is 2.33 bits per heavy atom. The van der Waals surface area contributed by atoms with E-state index in [2.05, 4.69) is 15.9 Å². The van der Waals surface area contributed by atoms with Gasteiger partial charge in [-0.2, -0.15) is 0 Å². The third kappa shape index (κ3) is 3.59. The number of thiophene rings is 1. The van der Waals surface area contributed by atoms with Crippen molar-refractivity contribution in [3.05, 3.63) is 19.8 Å². The lowest BCUT2D eigenvalue weighted by molar-refractivity contribution is -0.173. The van der Waals surface area contributed by atoms with Crippen LogP contribution in [0.3, 0.4) is 0 Å². The first-order chi connectivity index (χ1) is 9.81. The van der Waals surface area contributed by atoms with Crippen LogP contribution in [-0.2, 0) is 14.3 Å². The maximum atomic E-state index is 12.1. The Kier molecular flexibility index (Phi) is 5.29. The SMILES string of the molecule is CC(C)CN1C(=O)COC(C(=O)O)C1c1cc(Br)c(Cl)s1. The van der Waals surface area contributed by atoms with E-state index in [0.717, 1.165) is 0 Å². The van der Waals surface area contributed by atoms with Crippen LogP contribution in [0.4, 0.5) is 0 Å². The normalized spacial score (nSPS) is 22.9. The molecular formula is C13H15BrClNO4S. The van der Waals surface area contributed by atoms with Crippen LogP contribution in [0.1, 0.15) is 24.8 Å². The molecule has 1 N–H and O–H groups in total. The zero-order chi connectivity index (χ0) is 15.7. The molecule has 1 aliphatic rings. The van der Waals surface area contributed by atoms with Gasteiger partial charge in [0.05, 0.1) is 0 Å². The molecule has 1 aromatic heterocycles. The van der Waals surface area contributed by atoms with Gasteiger partial charge in [0, 0.05) is 15.9 Å². The molecule has 0 radical (unpaired) electrons. The van der Waals surface area contributed by atoms with Crippen molar-refractivity contribution in [3.8, 4) is 0 Å². The summed E-state index contributed by atoms with van der Waals surface area (Å²) < 4.78 is 6.45. The fourth-order valence-electron chi connectivity index (χ4n) is 2.28. The van der Waals surface area contributed by atoms with Crippen molar-refractivity contribution in [2.75, 3.05) is 13.2 Å². The first-order valence-electron chi connectivity index (χ1n) is 6.40. The van der Waals surface area contributed by atoms with Crippen LogP contribution in [-0.4, -0.2) is 41.1 Å². The maximum Gasteiger partial charge on any atom is 0.335 e. The van der Waals surface area contributed by atoms with Gasteiger partial charge in [-0.15, -0.1) is 11.3 Å². The van der Waals surface area contributed by atoms with E-state index < -0.39 is 18.1 Å². The van der Waals surface area contributed by atoms with E-state index in [1.165, 1.54) is 11.3 Å². The first-order valence-corrected chi connectivity index (χ1v) is 8.38. The topological polar surface area (TPSA) is 66.8 Å². The van der Waals surface area contributed by atoms with E-state index in [-0.39, 0.29) is 18.4 Å². The van der Waals surface area contributed by atoms with Gasteiger partial charge >= 0.3 is 5.97 Å². The Labute approximate surface area is 140 Å². The quantitative estimate of drug-likeness (QED) is 0.849. The number of aliphatic carboxylic acids is 1. The summed E-state index contributed by atoms with van der Waals surface area (Å²) in [6, 6.07) is 1.10. The van der Waals surface area contributed by atoms with E-state index in [1.807, 2.05) is 13.8 Å². The van der Waals surface area contributed by atoms with E-state index in [4.69, 9.17) is 16.3 Å². The predicted molar refractivity (Wildman–Crippen MR) is 83.7 cm³/mol. The number of ether oxygens (including phenoxy) is 1. The summed E-state index contributed by atoms with van der Waals surface area (Å²) in [5.74, 6) is -1.06. The Morgan fingerprint density at radius 3 is 2.81 bits per heavy atom. The summed E-state index contributed by atoms with van der Waals surface area (Å²) in [4.78, 5) is 25.9. The fourth-order valence-corrected chi connectivity index (χ4v) is 4.16. The van der Waals surface area contributed by atoms with Crippen molar-refractivity contribution in [2.45, 2.75) is 26.0 Å². The highest BCUT2D eigenvalue weighted by Crippen LogP contribution is 2.40. The van der Waals surface area contributed by atoms with Gasteiger partial charge in [-0.3, -0.25) is 4.79 Å². The van der Waals surface area contributed by atoms with Crippen LogP contribution in [0.5, 0.6) is 0 Å². The van der Waals surface area contributed by atoms with Gasteiger partial charge in [0.25, 0.3) is 0 Å². The molecule has 0 saturated carbocycles. The molecule has 0 aromatic carbocycles. The lowest BCUT2D eigenvalue weighted by atomic mass is 10.0. The van der Waals surface area contributed by atoms with Gasteiger partial charge in [-0.05, 0) is 27.9 Å². The van der Waals surface area contributed by atoms with Crippen molar-refractivity contribution >= 4 is 50.7 Å². The maximum absolute atomic E-state index is 12.1. The van der Waals surface area contributed by atoms with E-state index in [9.17, 15) is 14.7 Å². The summed E-state index contributed by atoms with van der Waals surface area (Å²) in [7, 11) is 0. The second-order valence-electron chi connectivity index (χ2n) is 5.23. The lowest BCUT2D eigenvalue weighted by Crippen LogP contribution is -2.52. The summed E-state index contributed by atoms with van der Waals surface area (Å²) in [6.07, 6.45) is -1.08. The molecule has 0 spiro atoms. The van der Waals surface area contributed by atoms with Crippen LogP contribution in [0.25, 0.3) is 0 Å². The minimum absolute atomic E-state index is 0.202. The van der Waals surface area contributed by atoms with Gasteiger partial charge in [0.1, 0.15) is 17.0 Å². The third-order valence-electron chi connectivity index (χ3n) is 3.09.